The highest BCUT2D eigenvalue weighted by Gasteiger charge is 2.83. The van der Waals surface area contributed by atoms with E-state index in [0.29, 0.717) is 58.5 Å². The van der Waals surface area contributed by atoms with E-state index in [0.717, 1.165) is 51.2 Å². The Bertz CT molecular complexity index is 1190. The number of hydrogen-bond donors (Lipinski definition) is 0. The molecular weight excluding hydrogens is 578 g/mol. The van der Waals surface area contributed by atoms with Gasteiger partial charge in [-0.3, -0.25) is 9.69 Å². The summed E-state index contributed by atoms with van der Waals surface area (Å²) in [5.41, 5.74) is 1.75. The average Bonchev–Trinajstić information content (AvgIpc) is 3.55. The van der Waals surface area contributed by atoms with Gasteiger partial charge in [-0.15, -0.1) is 0 Å². The normalized spacial score (nSPS) is 51.2. The van der Waals surface area contributed by atoms with Crippen LogP contribution in [0.15, 0.2) is 0 Å². The molecule has 0 aromatic heterocycles. The van der Waals surface area contributed by atoms with Crippen molar-refractivity contribution < 1.29 is 28.5 Å². The van der Waals surface area contributed by atoms with Crippen molar-refractivity contribution in [3.63, 3.8) is 0 Å². The molecule has 3 saturated heterocycles. The molecule has 0 N–H and O–H groups in total. The van der Waals surface area contributed by atoms with E-state index in [1.807, 2.05) is 0 Å². The summed E-state index contributed by atoms with van der Waals surface area (Å²) in [6.07, 6.45) is 12.5. The first-order valence-corrected chi connectivity index (χ1v) is 19.2. The molecular formula is C39H63NO6. The maximum atomic E-state index is 12.3. The van der Waals surface area contributed by atoms with Crippen LogP contribution in [-0.4, -0.2) is 81.0 Å². The molecule has 260 valence electrons. The molecule has 7 heteroatoms. The van der Waals surface area contributed by atoms with Crippen molar-refractivity contribution in [1.29, 1.82) is 0 Å². The van der Waals surface area contributed by atoms with E-state index < -0.39 is 0 Å². The van der Waals surface area contributed by atoms with Crippen molar-refractivity contribution in [1.82, 2.24) is 4.90 Å². The predicted molar refractivity (Wildman–Crippen MR) is 176 cm³/mol. The van der Waals surface area contributed by atoms with Crippen molar-refractivity contribution >= 4 is 5.97 Å². The lowest BCUT2D eigenvalue weighted by atomic mass is 9.41. The molecule has 8 rings (SSSR count). The lowest BCUT2D eigenvalue weighted by Gasteiger charge is -2.63. The zero-order valence-electron chi connectivity index (χ0n) is 30.0. The van der Waals surface area contributed by atoms with E-state index in [1.54, 1.807) is 0 Å². The Labute approximate surface area is 278 Å². The molecule has 0 amide bonds. The van der Waals surface area contributed by atoms with E-state index in [2.05, 4.69) is 53.4 Å². The fourth-order valence-electron chi connectivity index (χ4n) is 14.0. The highest BCUT2D eigenvalue weighted by molar-refractivity contribution is 5.69. The van der Waals surface area contributed by atoms with Crippen LogP contribution in [-0.2, 0) is 28.5 Å². The molecule has 12 atom stereocenters. The number of esters is 1. The summed E-state index contributed by atoms with van der Waals surface area (Å²) < 4.78 is 31.3. The molecule has 0 aromatic rings. The van der Waals surface area contributed by atoms with E-state index in [1.165, 1.54) is 51.4 Å². The van der Waals surface area contributed by atoms with Gasteiger partial charge in [0.05, 0.1) is 50.7 Å². The van der Waals surface area contributed by atoms with Gasteiger partial charge in [-0.05, 0) is 114 Å². The number of hydrogen-bond acceptors (Lipinski definition) is 7. The highest BCUT2D eigenvalue weighted by Crippen LogP contribution is 2.89. The minimum atomic E-state index is -0.113. The molecule has 0 aromatic carbocycles. The third-order valence-electron chi connectivity index (χ3n) is 16.2. The van der Waals surface area contributed by atoms with Crippen molar-refractivity contribution in [3.8, 4) is 0 Å². The summed E-state index contributed by atoms with van der Waals surface area (Å²) in [5, 5.41) is 0. The van der Waals surface area contributed by atoms with Gasteiger partial charge in [0, 0.05) is 13.0 Å². The maximum Gasteiger partial charge on any atom is 0.306 e. The van der Waals surface area contributed by atoms with Crippen molar-refractivity contribution in [3.05, 3.63) is 0 Å². The van der Waals surface area contributed by atoms with Crippen molar-refractivity contribution in [2.45, 2.75) is 143 Å². The van der Waals surface area contributed by atoms with Crippen LogP contribution in [0.4, 0.5) is 0 Å². The first-order valence-electron chi connectivity index (χ1n) is 19.2. The average molecular weight is 642 g/mol. The topological polar surface area (TPSA) is 66.5 Å². The van der Waals surface area contributed by atoms with Crippen LogP contribution in [0.5, 0.6) is 0 Å². The monoisotopic (exact) mass is 641 g/mol. The van der Waals surface area contributed by atoms with E-state index in [9.17, 15) is 4.79 Å². The van der Waals surface area contributed by atoms with E-state index >= 15 is 0 Å². The third kappa shape index (κ3) is 4.63. The van der Waals surface area contributed by atoms with E-state index in [-0.39, 0.29) is 36.0 Å². The van der Waals surface area contributed by atoms with Gasteiger partial charge in [0.1, 0.15) is 6.61 Å². The van der Waals surface area contributed by atoms with Gasteiger partial charge in [-0.1, -0.05) is 48.5 Å². The van der Waals surface area contributed by atoms with Gasteiger partial charge in [-0.2, -0.15) is 0 Å². The number of rotatable bonds is 7. The lowest BCUT2D eigenvalue weighted by Crippen LogP contribution is -2.59. The molecule has 5 saturated carbocycles. The number of ether oxygens (including phenoxy) is 5. The summed E-state index contributed by atoms with van der Waals surface area (Å²) in [5.74, 6) is 2.96. The van der Waals surface area contributed by atoms with E-state index in [4.69, 9.17) is 23.7 Å². The summed E-state index contributed by atoms with van der Waals surface area (Å²) in [6.45, 7) is 21.8. The Kier molecular flexibility index (Phi) is 7.86. The van der Waals surface area contributed by atoms with Crippen LogP contribution in [0.1, 0.15) is 113 Å². The molecule has 3 heterocycles. The fraction of sp³-hybridized carbons (Fsp3) is 0.974. The minimum absolute atomic E-state index is 0.0371. The van der Waals surface area contributed by atoms with Gasteiger partial charge in [0.2, 0.25) is 0 Å². The summed E-state index contributed by atoms with van der Waals surface area (Å²) in [4.78, 5) is 14.9. The van der Waals surface area contributed by atoms with Crippen LogP contribution < -0.4 is 0 Å². The molecule has 0 bridgehead atoms. The Hall–Kier alpha value is -0.730. The zero-order chi connectivity index (χ0) is 32.3. The first kappa shape index (κ1) is 32.5. The molecule has 8 unspecified atom stereocenters. The largest absolute Gasteiger partial charge is 0.463 e. The van der Waals surface area contributed by atoms with Gasteiger partial charge in [0.25, 0.3) is 0 Å². The summed E-state index contributed by atoms with van der Waals surface area (Å²) >= 11 is 0. The van der Waals surface area contributed by atoms with Gasteiger partial charge in [-0.25, -0.2) is 0 Å². The Morgan fingerprint density at radius 3 is 2.48 bits per heavy atom. The molecule has 3 aliphatic heterocycles. The third-order valence-corrected chi connectivity index (χ3v) is 16.2. The van der Waals surface area contributed by atoms with Crippen LogP contribution in [0, 0.1) is 56.7 Å². The first-order chi connectivity index (χ1) is 21.8. The second-order valence-electron chi connectivity index (χ2n) is 19.0. The highest BCUT2D eigenvalue weighted by atomic mass is 16.7. The molecule has 0 radical (unpaired) electrons. The summed E-state index contributed by atoms with van der Waals surface area (Å²) in [7, 11) is 0. The Morgan fingerprint density at radius 1 is 0.978 bits per heavy atom. The zero-order valence-corrected chi connectivity index (χ0v) is 30.0. The smallest absolute Gasteiger partial charge is 0.306 e. The SMILES string of the molecule is CC(C)CC(=O)OCC1C[C@@H](C)C2C(C[C@@]3(C)C4CCC5C(C)(C)[C@@H](OC6CN(C7COC7)CCO6)CCC56CC46CC[C@]23C)O1. The number of nitrogens with zero attached hydrogens (tertiary/aromatic N) is 1. The summed E-state index contributed by atoms with van der Waals surface area (Å²) in [6, 6.07) is 0.545. The van der Waals surface area contributed by atoms with Crippen LogP contribution in [0.25, 0.3) is 0 Å². The van der Waals surface area contributed by atoms with Crippen molar-refractivity contribution in [2.24, 2.45) is 56.7 Å². The van der Waals surface area contributed by atoms with Gasteiger partial charge < -0.3 is 23.7 Å². The number of fused-ring (bicyclic) bond motifs is 4. The van der Waals surface area contributed by atoms with Crippen molar-refractivity contribution in [2.75, 3.05) is 39.5 Å². The molecule has 5 aliphatic carbocycles. The maximum absolute atomic E-state index is 12.3. The number of morpholine rings is 1. The van der Waals surface area contributed by atoms with Crippen LogP contribution in [0.3, 0.4) is 0 Å². The standard InChI is InChI=1S/C39H63NO6/c1-24(2)16-32(41)44-22-27-17-25(3)34-28(45-27)18-37(7)30-9-8-29-35(4,5)31(46-33-19-40(14-15-43-33)26-20-42-21-26)10-11-38(29)23-39(30,38)13-12-36(34,37)6/h24-31,33-34H,8-23H2,1-7H3/t25-,27?,28?,29?,30?,31+,33?,34?,36-,37+,38?,39?/m1/s1. The number of carbonyl (C=O) groups is 1. The molecule has 2 spiro atoms. The molecule has 46 heavy (non-hydrogen) atoms. The molecule has 8 fully saturated rings. The minimum Gasteiger partial charge on any atom is -0.463 e. The molecule has 7 nitrogen and oxygen atoms in total. The number of carbonyl (C=O) groups excluding carboxylic acids is 1. The van der Waals surface area contributed by atoms with Crippen LogP contribution in [0.2, 0.25) is 0 Å². The molecule has 8 aliphatic rings. The van der Waals surface area contributed by atoms with Gasteiger partial charge in [0.15, 0.2) is 6.29 Å². The second-order valence-corrected chi connectivity index (χ2v) is 19.0. The van der Waals surface area contributed by atoms with Gasteiger partial charge >= 0.3 is 5.97 Å². The van der Waals surface area contributed by atoms with Crippen LogP contribution >= 0.6 is 0 Å². The predicted octanol–water partition coefficient (Wildman–Crippen LogP) is 6.86. The second kappa shape index (κ2) is 11.1. The lowest BCUT2D eigenvalue weighted by molar-refractivity contribution is -0.255. The Balaban J connectivity index is 0.965. The Morgan fingerprint density at radius 2 is 1.74 bits per heavy atom. The fourth-order valence-corrected chi connectivity index (χ4v) is 14.0. The quantitative estimate of drug-likeness (QED) is 0.282.